The maximum Gasteiger partial charge on any atom is 0.147 e. The second-order valence-electron chi connectivity index (χ2n) is 3.51. The summed E-state index contributed by atoms with van der Waals surface area (Å²) in [4.78, 5) is 0. The van der Waals surface area contributed by atoms with Gasteiger partial charge in [0.25, 0.3) is 0 Å². The number of halogens is 1. The first-order valence-electron chi connectivity index (χ1n) is 5.21. The summed E-state index contributed by atoms with van der Waals surface area (Å²) in [5.41, 5.74) is 0.715. The highest BCUT2D eigenvalue weighted by Crippen LogP contribution is 2.16. The van der Waals surface area contributed by atoms with Gasteiger partial charge in [-0.1, -0.05) is 0 Å². The largest absolute Gasteiger partial charge is 0.380 e. The first-order valence-corrected chi connectivity index (χ1v) is 5.21. The molecule has 0 radical (unpaired) electrons. The molecule has 0 amide bonds. The Morgan fingerprint density at radius 1 is 1.56 bits per heavy atom. The molecule has 1 N–H and O–H groups in total. The molecule has 0 saturated heterocycles. The lowest BCUT2D eigenvalue weighted by molar-refractivity contribution is 0.141. The molecule has 1 rings (SSSR count). The lowest BCUT2D eigenvalue weighted by atomic mass is 10.2. The third-order valence-electron chi connectivity index (χ3n) is 2.07. The standard InChI is InChI=1S/C12H15FN2O/c1-3-16-8-9(2)15-12-5-4-10(7-14)6-11(12)13/h4-6,9,15H,3,8H2,1-2H3. The van der Waals surface area contributed by atoms with Crippen molar-refractivity contribution >= 4 is 5.69 Å². The molecule has 86 valence electrons. The summed E-state index contributed by atoms with van der Waals surface area (Å²) in [6.45, 7) is 4.99. The lowest BCUT2D eigenvalue weighted by Crippen LogP contribution is -2.22. The van der Waals surface area contributed by atoms with Crippen LogP contribution in [0.4, 0.5) is 10.1 Å². The Kier molecular flexibility index (Phi) is 4.74. The summed E-state index contributed by atoms with van der Waals surface area (Å²) in [5, 5.41) is 11.6. The maximum atomic E-state index is 13.5. The average molecular weight is 222 g/mol. The van der Waals surface area contributed by atoms with E-state index in [1.807, 2.05) is 19.9 Å². The van der Waals surface area contributed by atoms with E-state index in [4.69, 9.17) is 10.00 Å². The van der Waals surface area contributed by atoms with Crippen LogP contribution in [0.15, 0.2) is 18.2 Å². The first kappa shape index (κ1) is 12.5. The van der Waals surface area contributed by atoms with Crippen LogP contribution >= 0.6 is 0 Å². The summed E-state index contributed by atoms with van der Waals surface area (Å²) < 4.78 is 18.7. The number of nitrogens with one attached hydrogen (secondary N) is 1. The highest BCUT2D eigenvalue weighted by molar-refractivity contribution is 5.49. The van der Waals surface area contributed by atoms with Crippen LogP contribution in [0.1, 0.15) is 19.4 Å². The summed E-state index contributed by atoms with van der Waals surface area (Å²) in [6, 6.07) is 6.29. The summed E-state index contributed by atoms with van der Waals surface area (Å²) in [5.74, 6) is -0.414. The van der Waals surface area contributed by atoms with Crippen molar-refractivity contribution in [1.82, 2.24) is 0 Å². The predicted octanol–water partition coefficient (Wildman–Crippen LogP) is 2.53. The molecule has 1 aromatic rings. The fraction of sp³-hybridized carbons (Fsp3) is 0.417. The molecule has 0 aromatic heterocycles. The molecule has 16 heavy (non-hydrogen) atoms. The predicted molar refractivity (Wildman–Crippen MR) is 60.7 cm³/mol. The van der Waals surface area contributed by atoms with Crippen LogP contribution in [-0.4, -0.2) is 19.3 Å². The van der Waals surface area contributed by atoms with E-state index in [2.05, 4.69) is 5.32 Å². The fourth-order valence-electron chi connectivity index (χ4n) is 1.30. The highest BCUT2D eigenvalue weighted by Gasteiger charge is 2.07. The maximum absolute atomic E-state index is 13.5. The lowest BCUT2D eigenvalue weighted by Gasteiger charge is -2.15. The van der Waals surface area contributed by atoms with E-state index in [0.29, 0.717) is 24.5 Å². The van der Waals surface area contributed by atoms with Crippen LogP contribution in [0.2, 0.25) is 0 Å². The van der Waals surface area contributed by atoms with Gasteiger partial charge in [-0.2, -0.15) is 5.26 Å². The van der Waals surface area contributed by atoms with E-state index >= 15 is 0 Å². The summed E-state index contributed by atoms with van der Waals surface area (Å²) in [7, 11) is 0. The van der Waals surface area contributed by atoms with E-state index in [0.717, 1.165) is 0 Å². The number of rotatable bonds is 5. The van der Waals surface area contributed by atoms with E-state index in [1.165, 1.54) is 6.07 Å². The molecule has 1 atom stereocenters. The van der Waals surface area contributed by atoms with E-state index in [1.54, 1.807) is 12.1 Å². The molecule has 0 spiro atoms. The fourth-order valence-corrected chi connectivity index (χ4v) is 1.30. The van der Waals surface area contributed by atoms with E-state index < -0.39 is 5.82 Å². The van der Waals surface area contributed by atoms with Crippen molar-refractivity contribution in [2.45, 2.75) is 19.9 Å². The van der Waals surface area contributed by atoms with Gasteiger partial charge in [0.15, 0.2) is 0 Å². The number of hydrogen-bond acceptors (Lipinski definition) is 3. The van der Waals surface area contributed by atoms with Gasteiger partial charge in [0.2, 0.25) is 0 Å². The Bertz CT molecular complexity index is 387. The van der Waals surface area contributed by atoms with Gasteiger partial charge in [-0.3, -0.25) is 0 Å². The van der Waals surface area contributed by atoms with Crippen LogP contribution in [0.25, 0.3) is 0 Å². The molecule has 0 saturated carbocycles. The van der Waals surface area contributed by atoms with Crippen LogP contribution in [0.3, 0.4) is 0 Å². The van der Waals surface area contributed by atoms with Gasteiger partial charge in [0, 0.05) is 12.6 Å². The molecule has 0 aliphatic carbocycles. The Morgan fingerprint density at radius 3 is 2.88 bits per heavy atom. The van der Waals surface area contributed by atoms with E-state index in [-0.39, 0.29) is 6.04 Å². The quantitative estimate of drug-likeness (QED) is 0.832. The Morgan fingerprint density at radius 2 is 2.31 bits per heavy atom. The Labute approximate surface area is 94.8 Å². The number of nitrogens with zero attached hydrogens (tertiary/aromatic N) is 1. The number of benzene rings is 1. The van der Waals surface area contributed by atoms with Crippen molar-refractivity contribution in [3.63, 3.8) is 0 Å². The SMILES string of the molecule is CCOCC(C)Nc1ccc(C#N)cc1F. The van der Waals surface area contributed by atoms with Gasteiger partial charge in [-0.15, -0.1) is 0 Å². The molecule has 0 aliphatic rings. The minimum absolute atomic E-state index is 0.0300. The zero-order chi connectivity index (χ0) is 12.0. The van der Waals surface area contributed by atoms with Gasteiger partial charge >= 0.3 is 0 Å². The number of anilines is 1. The minimum Gasteiger partial charge on any atom is -0.380 e. The van der Waals surface area contributed by atoms with Crippen LogP contribution in [0, 0.1) is 17.1 Å². The van der Waals surface area contributed by atoms with Gasteiger partial charge in [0.05, 0.1) is 23.9 Å². The van der Waals surface area contributed by atoms with Crippen molar-refractivity contribution in [3.8, 4) is 6.07 Å². The molecular weight excluding hydrogens is 207 g/mol. The second kappa shape index (κ2) is 6.09. The second-order valence-corrected chi connectivity index (χ2v) is 3.51. The van der Waals surface area contributed by atoms with Crippen molar-refractivity contribution in [3.05, 3.63) is 29.6 Å². The molecule has 1 aromatic carbocycles. The third kappa shape index (κ3) is 3.52. The zero-order valence-electron chi connectivity index (χ0n) is 9.46. The molecule has 4 heteroatoms. The number of ether oxygens (including phenoxy) is 1. The topological polar surface area (TPSA) is 45.0 Å². The van der Waals surface area contributed by atoms with Gasteiger partial charge < -0.3 is 10.1 Å². The average Bonchev–Trinajstić information content (AvgIpc) is 2.29. The number of nitriles is 1. The molecule has 1 unspecified atom stereocenters. The third-order valence-corrected chi connectivity index (χ3v) is 2.07. The van der Waals surface area contributed by atoms with Gasteiger partial charge in [-0.25, -0.2) is 4.39 Å². The monoisotopic (exact) mass is 222 g/mol. The molecule has 0 aliphatic heterocycles. The molecular formula is C12H15FN2O. The zero-order valence-corrected chi connectivity index (χ0v) is 9.46. The van der Waals surface area contributed by atoms with Crippen molar-refractivity contribution in [2.75, 3.05) is 18.5 Å². The number of hydrogen-bond donors (Lipinski definition) is 1. The first-order chi connectivity index (χ1) is 7.67. The Hall–Kier alpha value is -1.60. The Balaban J connectivity index is 2.64. The summed E-state index contributed by atoms with van der Waals surface area (Å²) >= 11 is 0. The minimum atomic E-state index is -0.414. The molecule has 0 heterocycles. The van der Waals surface area contributed by atoms with Crippen molar-refractivity contribution < 1.29 is 9.13 Å². The van der Waals surface area contributed by atoms with Crippen LogP contribution in [-0.2, 0) is 4.74 Å². The van der Waals surface area contributed by atoms with Crippen LogP contribution in [0.5, 0.6) is 0 Å². The molecule has 0 fully saturated rings. The van der Waals surface area contributed by atoms with E-state index in [9.17, 15) is 4.39 Å². The smallest absolute Gasteiger partial charge is 0.147 e. The van der Waals surface area contributed by atoms with Crippen molar-refractivity contribution in [1.29, 1.82) is 5.26 Å². The van der Waals surface area contributed by atoms with Crippen molar-refractivity contribution in [2.24, 2.45) is 0 Å². The highest BCUT2D eigenvalue weighted by atomic mass is 19.1. The van der Waals surface area contributed by atoms with Gasteiger partial charge in [0.1, 0.15) is 5.82 Å². The van der Waals surface area contributed by atoms with Gasteiger partial charge in [-0.05, 0) is 32.0 Å². The van der Waals surface area contributed by atoms with Crippen LogP contribution < -0.4 is 5.32 Å². The normalized spacial score (nSPS) is 11.9. The summed E-state index contributed by atoms with van der Waals surface area (Å²) in [6.07, 6.45) is 0. The molecule has 0 bridgehead atoms. The molecule has 3 nitrogen and oxygen atoms in total.